The minimum Gasteiger partial charge on any atom is -0.454 e. The molecule has 0 atom stereocenters. The lowest BCUT2D eigenvalue weighted by molar-refractivity contribution is 0.0921. The lowest BCUT2D eigenvalue weighted by atomic mass is 10.2. The molecule has 0 spiro atoms. The van der Waals surface area contributed by atoms with Crippen LogP contribution in [0.1, 0.15) is 39.0 Å². The summed E-state index contributed by atoms with van der Waals surface area (Å²) in [6.45, 7) is 6.78. The van der Waals surface area contributed by atoms with Gasteiger partial charge in [-0.15, -0.1) is 0 Å². The van der Waals surface area contributed by atoms with Crippen molar-refractivity contribution >= 4 is 21.8 Å². The molecule has 0 saturated heterocycles. The normalized spacial score (nSPS) is 11.1. The number of halogens is 1. The summed E-state index contributed by atoms with van der Waals surface area (Å²) < 4.78 is 10.3. The monoisotopic (exact) mass is 405 g/mol. The molecule has 0 fully saturated rings. The van der Waals surface area contributed by atoms with Gasteiger partial charge in [-0.3, -0.25) is 14.2 Å². The second kappa shape index (κ2) is 6.87. The molecule has 0 aliphatic heterocycles. The zero-order valence-electron chi connectivity index (χ0n) is 14.6. The van der Waals surface area contributed by atoms with E-state index < -0.39 is 0 Å². The Labute approximate surface area is 154 Å². The van der Waals surface area contributed by atoms with Crippen LogP contribution in [0.3, 0.4) is 0 Å². The molecule has 0 aliphatic rings. The Morgan fingerprint density at radius 1 is 1.28 bits per heavy atom. The van der Waals surface area contributed by atoms with Crippen molar-refractivity contribution < 1.29 is 9.21 Å². The molecular weight excluding hydrogens is 386 g/mol. The van der Waals surface area contributed by atoms with Gasteiger partial charge in [-0.25, -0.2) is 0 Å². The fourth-order valence-electron chi connectivity index (χ4n) is 2.54. The highest BCUT2D eigenvalue weighted by Crippen LogP contribution is 2.21. The summed E-state index contributed by atoms with van der Waals surface area (Å²) in [6, 6.07) is 3.48. The Hall–Kier alpha value is -2.35. The topological polar surface area (TPSA) is 77.9 Å². The number of nitrogens with zero attached hydrogens (tertiary/aromatic N) is 4. The number of carbonyl (C=O) groups is 1. The van der Waals surface area contributed by atoms with Crippen LogP contribution >= 0.6 is 15.9 Å². The summed E-state index contributed by atoms with van der Waals surface area (Å²) in [5.74, 6) is 0.724. The SMILES string of the molecule is Cc1nn(Cc2ccc(C(=O)NCc3cnn(C)c3C)o2)c(C)c1Br. The maximum Gasteiger partial charge on any atom is 0.287 e. The van der Waals surface area contributed by atoms with E-state index in [1.54, 1.807) is 23.0 Å². The molecule has 0 radical (unpaired) electrons. The summed E-state index contributed by atoms with van der Waals surface area (Å²) in [5, 5.41) is 11.5. The van der Waals surface area contributed by atoms with Gasteiger partial charge in [-0.1, -0.05) is 0 Å². The molecule has 0 aliphatic carbocycles. The van der Waals surface area contributed by atoms with E-state index in [0.29, 0.717) is 18.8 Å². The molecule has 1 N–H and O–H groups in total. The maximum absolute atomic E-state index is 12.3. The van der Waals surface area contributed by atoms with Crippen molar-refractivity contribution in [2.75, 3.05) is 0 Å². The number of carbonyl (C=O) groups excluding carboxylic acids is 1. The predicted octanol–water partition coefficient (Wildman–Crippen LogP) is 2.88. The molecule has 3 aromatic heterocycles. The second-order valence-electron chi connectivity index (χ2n) is 5.97. The van der Waals surface area contributed by atoms with Crippen molar-refractivity contribution in [2.45, 2.75) is 33.9 Å². The van der Waals surface area contributed by atoms with Crippen molar-refractivity contribution in [3.63, 3.8) is 0 Å². The molecule has 1 amide bonds. The predicted molar refractivity (Wildman–Crippen MR) is 96.3 cm³/mol. The van der Waals surface area contributed by atoms with Gasteiger partial charge in [-0.05, 0) is 48.8 Å². The highest BCUT2D eigenvalue weighted by molar-refractivity contribution is 9.10. The molecule has 25 heavy (non-hydrogen) atoms. The minimum absolute atomic E-state index is 0.246. The maximum atomic E-state index is 12.3. The number of hydrogen-bond donors (Lipinski definition) is 1. The Balaban J connectivity index is 1.65. The fraction of sp³-hybridized carbons (Fsp3) is 0.353. The van der Waals surface area contributed by atoms with E-state index in [2.05, 4.69) is 31.4 Å². The highest BCUT2D eigenvalue weighted by atomic mass is 79.9. The van der Waals surface area contributed by atoms with Crippen LogP contribution in [0.4, 0.5) is 0 Å². The average molecular weight is 406 g/mol. The van der Waals surface area contributed by atoms with E-state index in [4.69, 9.17) is 4.42 Å². The molecule has 0 bridgehead atoms. The molecular formula is C17H20BrN5O2. The van der Waals surface area contributed by atoms with Gasteiger partial charge in [0.15, 0.2) is 5.76 Å². The van der Waals surface area contributed by atoms with Gasteiger partial charge in [0, 0.05) is 24.8 Å². The van der Waals surface area contributed by atoms with E-state index in [0.717, 1.165) is 27.1 Å². The first-order valence-corrected chi connectivity index (χ1v) is 8.70. The summed E-state index contributed by atoms with van der Waals surface area (Å²) in [6.07, 6.45) is 1.75. The lowest BCUT2D eigenvalue weighted by Gasteiger charge is -2.04. The van der Waals surface area contributed by atoms with E-state index >= 15 is 0 Å². The molecule has 132 valence electrons. The highest BCUT2D eigenvalue weighted by Gasteiger charge is 2.14. The molecule has 0 aromatic carbocycles. The molecule has 3 rings (SSSR count). The quantitative estimate of drug-likeness (QED) is 0.707. The first-order chi connectivity index (χ1) is 11.9. The smallest absolute Gasteiger partial charge is 0.287 e. The Morgan fingerprint density at radius 2 is 2.04 bits per heavy atom. The largest absolute Gasteiger partial charge is 0.454 e. The number of rotatable bonds is 5. The van der Waals surface area contributed by atoms with Gasteiger partial charge in [0.25, 0.3) is 5.91 Å². The number of nitrogens with one attached hydrogen (secondary N) is 1. The molecule has 3 heterocycles. The molecule has 7 nitrogen and oxygen atoms in total. The van der Waals surface area contributed by atoms with Crippen molar-refractivity contribution in [1.82, 2.24) is 24.9 Å². The standard InChI is InChI=1S/C17H20BrN5O2/c1-10-16(18)12(3)23(21-10)9-14-5-6-15(25-14)17(24)19-7-13-8-20-22(4)11(13)2/h5-6,8H,7,9H2,1-4H3,(H,19,24). The van der Waals surface area contributed by atoms with E-state index in [-0.39, 0.29) is 11.7 Å². The zero-order valence-corrected chi connectivity index (χ0v) is 16.2. The van der Waals surface area contributed by atoms with E-state index in [1.165, 1.54) is 0 Å². The van der Waals surface area contributed by atoms with Crippen LogP contribution in [0.15, 0.2) is 27.2 Å². The lowest BCUT2D eigenvalue weighted by Crippen LogP contribution is -2.22. The van der Waals surface area contributed by atoms with Gasteiger partial charge in [0.2, 0.25) is 0 Å². The first kappa shape index (κ1) is 17.5. The van der Waals surface area contributed by atoms with Crippen molar-refractivity contribution in [2.24, 2.45) is 7.05 Å². The van der Waals surface area contributed by atoms with Gasteiger partial charge in [0.1, 0.15) is 5.76 Å². The molecule has 8 heteroatoms. The zero-order chi connectivity index (χ0) is 18.1. The first-order valence-electron chi connectivity index (χ1n) is 7.90. The molecule has 3 aromatic rings. The van der Waals surface area contributed by atoms with Crippen molar-refractivity contribution in [3.8, 4) is 0 Å². The van der Waals surface area contributed by atoms with Gasteiger partial charge < -0.3 is 9.73 Å². The van der Waals surface area contributed by atoms with Crippen LogP contribution in [0.5, 0.6) is 0 Å². The van der Waals surface area contributed by atoms with Gasteiger partial charge in [-0.2, -0.15) is 10.2 Å². The molecule has 0 saturated carbocycles. The third kappa shape index (κ3) is 3.53. The number of aryl methyl sites for hydroxylation is 2. The fourth-order valence-corrected chi connectivity index (χ4v) is 2.83. The summed E-state index contributed by atoms with van der Waals surface area (Å²) in [4.78, 5) is 12.3. The third-order valence-corrected chi connectivity index (χ3v) is 5.41. The van der Waals surface area contributed by atoms with Crippen LogP contribution in [-0.2, 0) is 20.1 Å². The van der Waals surface area contributed by atoms with E-state index in [1.807, 2.05) is 32.5 Å². The van der Waals surface area contributed by atoms with Crippen molar-refractivity contribution in [3.05, 3.63) is 57.0 Å². The third-order valence-electron chi connectivity index (χ3n) is 4.26. The van der Waals surface area contributed by atoms with Crippen LogP contribution in [0.2, 0.25) is 0 Å². The Bertz CT molecular complexity index is 922. The second-order valence-corrected chi connectivity index (χ2v) is 6.76. The van der Waals surface area contributed by atoms with Gasteiger partial charge >= 0.3 is 0 Å². The number of furan rings is 1. The van der Waals surface area contributed by atoms with E-state index in [9.17, 15) is 4.79 Å². The van der Waals surface area contributed by atoms with Gasteiger partial charge in [0.05, 0.1) is 28.6 Å². The summed E-state index contributed by atoms with van der Waals surface area (Å²) in [7, 11) is 1.87. The number of hydrogen-bond acceptors (Lipinski definition) is 4. The minimum atomic E-state index is -0.246. The van der Waals surface area contributed by atoms with Crippen LogP contribution in [0, 0.1) is 20.8 Å². The Morgan fingerprint density at radius 3 is 2.64 bits per heavy atom. The van der Waals surface area contributed by atoms with Crippen LogP contribution in [0.25, 0.3) is 0 Å². The number of aromatic nitrogens is 4. The summed E-state index contributed by atoms with van der Waals surface area (Å²) >= 11 is 3.51. The summed E-state index contributed by atoms with van der Waals surface area (Å²) in [5.41, 5.74) is 3.95. The van der Waals surface area contributed by atoms with Crippen LogP contribution < -0.4 is 5.32 Å². The number of amides is 1. The average Bonchev–Trinajstić information content (AvgIpc) is 3.24. The van der Waals surface area contributed by atoms with Crippen LogP contribution in [-0.4, -0.2) is 25.5 Å². The molecule has 0 unspecified atom stereocenters. The Kier molecular flexibility index (Phi) is 4.80. The van der Waals surface area contributed by atoms with Crippen molar-refractivity contribution in [1.29, 1.82) is 0 Å².